The van der Waals surface area contributed by atoms with Crippen molar-refractivity contribution in [2.45, 2.75) is 24.9 Å². The van der Waals surface area contributed by atoms with Gasteiger partial charge in [-0.05, 0) is 23.6 Å². The van der Waals surface area contributed by atoms with Crippen LogP contribution in [0.3, 0.4) is 0 Å². The molecule has 1 aliphatic carbocycles. The van der Waals surface area contributed by atoms with Crippen LogP contribution in [0.25, 0.3) is 0 Å². The Balaban J connectivity index is 0.00000208. The maximum Gasteiger partial charge on any atom is 0.193 e. The highest BCUT2D eigenvalue weighted by Crippen LogP contribution is 2.41. The molecule has 0 aliphatic heterocycles. The standard InChI is InChI=1S/C19H22FN3.HI/c1-21-19(23(2)13-14-8-4-3-5-9-14)22-18-12-16(18)15-10-6-7-11-17(15)20;/h3-11,16,18H,12-13H2,1-2H3,(H,21,22);1H. The molecule has 3 nitrogen and oxygen atoms in total. The number of benzene rings is 2. The second-order valence-corrected chi connectivity index (χ2v) is 6.00. The molecule has 2 aromatic carbocycles. The van der Waals surface area contributed by atoms with Gasteiger partial charge in [-0.3, -0.25) is 4.99 Å². The Morgan fingerprint density at radius 2 is 1.83 bits per heavy atom. The first-order valence-electron chi connectivity index (χ1n) is 7.92. The van der Waals surface area contributed by atoms with E-state index in [0.29, 0.717) is 0 Å². The fraction of sp³-hybridized carbons (Fsp3) is 0.316. The third kappa shape index (κ3) is 4.47. The number of nitrogens with one attached hydrogen (secondary N) is 1. The minimum Gasteiger partial charge on any atom is -0.353 e. The van der Waals surface area contributed by atoms with Gasteiger partial charge in [0.2, 0.25) is 0 Å². The lowest BCUT2D eigenvalue weighted by molar-refractivity contribution is 0.475. The van der Waals surface area contributed by atoms with Crippen LogP contribution in [0.2, 0.25) is 0 Å². The molecule has 1 saturated carbocycles. The number of halogens is 2. The maximum absolute atomic E-state index is 13.9. The zero-order valence-electron chi connectivity index (χ0n) is 13.9. The molecule has 1 N–H and O–H groups in total. The highest BCUT2D eigenvalue weighted by atomic mass is 127. The molecule has 2 aromatic rings. The Bertz CT molecular complexity index is 690. The zero-order chi connectivity index (χ0) is 16.2. The molecule has 0 amide bonds. The first kappa shape index (κ1) is 18.7. The van der Waals surface area contributed by atoms with Gasteiger partial charge in [0, 0.05) is 32.6 Å². The van der Waals surface area contributed by atoms with Crippen LogP contribution >= 0.6 is 24.0 Å². The highest BCUT2D eigenvalue weighted by molar-refractivity contribution is 14.0. The predicted molar refractivity (Wildman–Crippen MR) is 107 cm³/mol. The molecule has 1 fully saturated rings. The van der Waals surface area contributed by atoms with E-state index in [1.165, 1.54) is 11.6 Å². The van der Waals surface area contributed by atoms with Crippen LogP contribution in [-0.4, -0.2) is 31.0 Å². The van der Waals surface area contributed by atoms with Crippen molar-refractivity contribution in [3.05, 3.63) is 71.5 Å². The summed E-state index contributed by atoms with van der Waals surface area (Å²) in [7, 11) is 3.80. The van der Waals surface area contributed by atoms with Gasteiger partial charge in [-0.2, -0.15) is 0 Å². The van der Waals surface area contributed by atoms with Gasteiger partial charge in [0.25, 0.3) is 0 Å². The lowest BCUT2D eigenvalue weighted by atomic mass is 10.1. The molecule has 2 atom stereocenters. The summed E-state index contributed by atoms with van der Waals surface area (Å²) in [4.78, 5) is 6.44. The van der Waals surface area contributed by atoms with Crippen molar-refractivity contribution in [3.63, 3.8) is 0 Å². The fourth-order valence-corrected chi connectivity index (χ4v) is 2.92. The molecule has 3 rings (SSSR count). The molecule has 2 unspecified atom stereocenters. The largest absolute Gasteiger partial charge is 0.353 e. The summed E-state index contributed by atoms with van der Waals surface area (Å²) in [6, 6.07) is 17.6. The number of rotatable bonds is 4. The van der Waals surface area contributed by atoms with E-state index in [1.807, 2.05) is 37.4 Å². The molecule has 1 aliphatic rings. The molecular weight excluding hydrogens is 416 g/mol. The Labute approximate surface area is 160 Å². The van der Waals surface area contributed by atoms with Gasteiger partial charge in [-0.25, -0.2) is 4.39 Å². The molecule has 24 heavy (non-hydrogen) atoms. The van der Waals surface area contributed by atoms with Crippen molar-refractivity contribution < 1.29 is 4.39 Å². The normalized spacial score (nSPS) is 19.4. The summed E-state index contributed by atoms with van der Waals surface area (Å²) in [6.07, 6.45) is 0.944. The second kappa shape index (κ2) is 8.46. The van der Waals surface area contributed by atoms with Crippen LogP contribution < -0.4 is 5.32 Å². The van der Waals surface area contributed by atoms with Crippen molar-refractivity contribution in [3.8, 4) is 0 Å². The average Bonchev–Trinajstić information content (AvgIpc) is 3.33. The lowest BCUT2D eigenvalue weighted by Crippen LogP contribution is -2.40. The average molecular weight is 439 g/mol. The zero-order valence-corrected chi connectivity index (χ0v) is 16.3. The quantitative estimate of drug-likeness (QED) is 0.443. The van der Waals surface area contributed by atoms with Gasteiger partial charge in [0.1, 0.15) is 5.82 Å². The van der Waals surface area contributed by atoms with Crippen LogP contribution in [0.15, 0.2) is 59.6 Å². The van der Waals surface area contributed by atoms with Gasteiger partial charge in [0.05, 0.1) is 0 Å². The van der Waals surface area contributed by atoms with Crippen LogP contribution in [0.4, 0.5) is 4.39 Å². The number of guanidine groups is 1. The van der Waals surface area contributed by atoms with E-state index in [1.54, 1.807) is 13.1 Å². The molecule has 0 radical (unpaired) electrons. The van der Waals surface area contributed by atoms with Gasteiger partial charge in [-0.1, -0.05) is 48.5 Å². The van der Waals surface area contributed by atoms with E-state index in [4.69, 9.17) is 0 Å². The van der Waals surface area contributed by atoms with E-state index >= 15 is 0 Å². The van der Waals surface area contributed by atoms with Gasteiger partial charge < -0.3 is 10.2 Å². The fourth-order valence-electron chi connectivity index (χ4n) is 2.92. The molecule has 0 aromatic heterocycles. The Morgan fingerprint density at radius 3 is 2.50 bits per heavy atom. The number of hydrogen-bond acceptors (Lipinski definition) is 1. The molecule has 0 bridgehead atoms. The summed E-state index contributed by atoms with van der Waals surface area (Å²) < 4.78 is 13.9. The SMILES string of the molecule is CN=C(NC1CC1c1ccccc1F)N(C)Cc1ccccc1.I. The topological polar surface area (TPSA) is 27.6 Å². The Morgan fingerprint density at radius 1 is 1.17 bits per heavy atom. The third-order valence-electron chi connectivity index (χ3n) is 4.25. The first-order valence-corrected chi connectivity index (χ1v) is 7.92. The first-order chi connectivity index (χ1) is 11.2. The van der Waals surface area contributed by atoms with E-state index in [9.17, 15) is 4.39 Å². The summed E-state index contributed by atoms with van der Waals surface area (Å²) in [5.41, 5.74) is 2.03. The second-order valence-electron chi connectivity index (χ2n) is 6.00. The van der Waals surface area contributed by atoms with Crippen molar-refractivity contribution in [1.82, 2.24) is 10.2 Å². The number of hydrogen-bond donors (Lipinski definition) is 1. The van der Waals surface area contributed by atoms with Crippen LogP contribution in [0.1, 0.15) is 23.5 Å². The van der Waals surface area contributed by atoms with Crippen molar-refractivity contribution in [1.29, 1.82) is 0 Å². The van der Waals surface area contributed by atoms with Gasteiger partial charge >= 0.3 is 0 Å². The van der Waals surface area contributed by atoms with Crippen molar-refractivity contribution >= 4 is 29.9 Å². The van der Waals surface area contributed by atoms with Crippen LogP contribution in [-0.2, 0) is 6.54 Å². The Kier molecular flexibility index (Phi) is 6.60. The summed E-state index contributed by atoms with van der Waals surface area (Å²) >= 11 is 0. The van der Waals surface area contributed by atoms with Crippen molar-refractivity contribution in [2.75, 3.05) is 14.1 Å². The minimum atomic E-state index is -0.116. The molecule has 0 saturated heterocycles. The number of nitrogens with zero attached hydrogens (tertiary/aromatic N) is 2. The van der Waals surface area contributed by atoms with E-state index in [0.717, 1.165) is 24.5 Å². The molecule has 0 spiro atoms. The monoisotopic (exact) mass is 439 g/mol. The highest BCUT2D eigenvalue weighted by Gasteiger charge is 2.40. The van der Waals surface area contributed by atoms with Crippen LogP contribution in [0, 0.1) is 5.82 Å². The predicted octanol–water partition coefficient (Wildman–Crippen LogP) is 4.01. The van der Waals surface area contributed by atoms with E-state index in [2.05, 4.69) is 27.3 Å². The molecule has 128 valence electrons. The van der Waals surface area contributed by atoms with Crippen LogP contribution in [0.5, 0.6) is 0 Å². The van der Waals surface area contributed by atoms with E-state index < -0.39 is 0 Å². The molecule has 0 heterocycles. The molecule has 5 heteroatoms. The third-order valence-corrected chi connectivity index (χ3v) is 4.25. The minimum absolute atomic E-state index is 0. The lowest BCUT2D eigenvalue weighted by Gasteiger charge is -2.22. The van der Waals surface area contributed by atoms with Gasteiger partial charge in [-0.15, -0.1) is 24.0 Å². The summed E-state index contributed by atoms with van der Waals surface area (Å²) in [5, 5.41) is 3.45. The van der Waals surface area contributed by atoms with Gasteiger partial charge in [0.15, 0.2) is 5.96 Å². The van der Waals surface area contributed by atoms with Crippen molar-refractivity contribution in [2.24, 2.45) is 4.99 Å². The smallest absolute Gasteiger partial charge is 0.193 e. The summed E-state index contributed by atoms with van der Waals surface area (Å²) in [6.45, 7) is 0.789. The Hall–Kier alpha value is -1.63. The summed E-state index contributed by atoms with van der Waals surface area (Å²) in [5.74, 6) is 0.963. The number of aliphatic imine (C=N–C) groups is 1. The maximum atomic E-state index is 13.9. The van der Waals surface area contributed by atoms with E-state index in [-0.39, 0.29) is 41.8 Å². The molecular formula is C19H23FIN3.